The summed E-state index contributed by atoms with van der Waals surface area (Å²) in [5.74, 6) is 0.505. The zero-order valence-corrected chi connectivity index (χ0v) is 11.2. The van der Waals surface area contributed by atoms with E-state index in [2.05, 4.69) is 21.2 Å². The Morgan fingerprint density at radius 2 is 2.06 bits per heavy atom. The van der Waals surface area contributed by atoms with E-state index in [0.29, 0.717) is 17.6 Å². The summed E-state index contributed by atoms with van der Waals surface area (Å²) in [7, 11) is 0. The predicted octanol–water partition coefficient (Wildman–Crippen LogP) is 2.26. The smallest absolute Gasteiger partial charge is 0.129 e. The average Bonchev–Trinajstić information content (AvgIpc) is 2.23. The van der Waals surface area contributed by atoms with Gasteiger partial charge in [0.25, 0.3) is 0 Å². The molecule has 1 aromatic carbocycles. The molecule has 0 fully saturated rings. The van der Waals surface area contributed by atoms with Crippen molar-refractivity contribution in [2.75, 3.05) is 6.54 Å². The van der Waals surface area contributed by atoms with Crippen LogP contribution in [0.1, 0.15) is 19.4 Å². The summed E-state index contributed by atoms with van der Waals surface area (Å²) in [6.45, 7) is 5.24. The van der Waals surface area contributed by atoms with E-state index in [1.165, 1.54) is 0 Å². The van der Waals surface area contributed by atoms with Crippen LogP contribution >= 0.6 is 15.9 Å². The summed E-state index contributed by atoms with van der Waals surface area (Å²) in [5.41, 5.74) is 1.07. The van der Waals surface area contributed by atoms with Gasteiger partial charge in [-0.05, 0) is 39.5 Å². The van der Waals surface area contributed by atoms with Crippen molar-refractivity contribution < 1.29 is 10.2 Å². The van der Waals surface area contributed by atoms with Gasteiger partial charge in [0.05, 0.1) is 10.6 Å². The highest BCUT2D eigenvalue weighted by molar-refractivity contribution is 9.10. The van der Waals surface area contributed by atoms with Gasteiger partial charge in [-0.15, -0.1) is 0 Å². The third-order valence-corrected chi connectivity index (χ3v) is 3.10. The van der Waals surface area contributed by atoms with E-state index in [9.17, 15) is 10.2 Å². The number of aromatic hydroxyl groups is 1. The molecule has 0 aliphatic carbocycles. The molecule has 4 heteroatoms. The Kier molecular flexibility index (Phi) is 5.25. The maximum absolute atomic E-state index is 9.59. The van der Waals surface area contributed by atoms with Crippen molar-refractivity contribution >= 4 is 15.9 Å². The van der Waals surface area contributed by atoms with Crippen molar-refractivity contribution in [3.8, 4) is 5.75 Å². The number of aliphatic hydroxyl groups is 1. The number of aliphatic hydroxyl groups excluding tert-OH is 1. The van der Waals surface area contributed by atoms with E-state index in [4.69, 9.17) is 0 Å². The summed E-state index contributed by atoms with van der Waals surface area (Å²) < 4.78 is 0.691. The number of halogens is 1. The van der Waals surface area contributed by atoms with Crippen molar-refractivity contribution in [2.24, 2.45) is 5.92 Å². The highest BCUT2D eigenvalue weighted by atomic mass is 79.9. The molecule has 16 heavy (non-hydrogen) atoms. The average molecular weight is 288 g/mol. The molecule has 1 aromatic rings. The number of hydrogen-bond acceptors (Lipinski definition) is 3. The largest absolute Gasteiger partial charge is 0.507 e. The summed E-state index contributed by atoms with van der Waals surface area (Å²) in [6.07, 6.45) is -0.319. The molecule has 0 aliphatic heterocycles. The lowest BCUT2D eigenvalue weighted by Crippen LogP contribution is -2.30. The van der Waals surface area contributed by atoms with Gasteiger partial charge in [-0.3, -0.25) is 0 Å². The lowest BCUT2D eigenvalue weighted by atomic mass is 10.1. The zero-order valence-electron chi connectivity index (χ0n) is 9.57. The van der Waals surface area contributed by atoms with Crippen molar-refractivity contribution in [1.82, 2.24) is 5.32 Å². The first kappa shape index (κ1) is 13.5. The van der Waals surface area contributed by atoms with E-state index >= 15 is 0 Å². The van der Waals surface area contributed by atoms with E-state index < -0.39 is 0 Å². The van der Waals surface area contributed by atoms with Gasteiger partial charge in [0.1, 0.15) is 5.75 Å². The SMILES string of the molecule is CC(C)C(O)CNCc1ccc(O)c(Br)c1. The Hall–Kier alpha value is -0.580. The van der Waals surface area contributed by atoms with Gasteiger partial charge >= 0.3 is 0 Å². The lowest BCUT2D eigenvalue weighted by Gasteiger charge is -2.15. The molecule has 1 atom stereocenters. The monoisotopic (exact) mass is 287 g/mol. The first-order valence-corrected chi connectivity index (χ1v) is 6.16. The molecular weight excluding hydrogens is 270 g/mol. The molecule has 1 rings (SSSR count). The number of benzene rings is 1. The highest BCUT2D eigenvalue weighted by Crippen LogP contribution is 2.24. The summed E-state index contributed by atoms with van der Waals surface area (Å²) >= 11 is 3.26. The fourth-order valence-corrected chi connectivity index (χ4v) is 1.69. The van der Waals surface area contributed by atoms with Gasteiger partial charge < -0.3 is 15.5 Å². The molecule has 0 aliphatic rings. The van der Waals surface area contributed by atoms with Crippen molar-refractivity contribution in [2.45, 2.75) is 26.5 Å². The molecule has 0 saturated carbocycles. The van der Waals surface area contributed by atoms with Crippen LogP contribution in [0.2, 0.25) is 0 Å². The van der Waals surface area contributed by atoms with Crippen LogP contribution in [0.4, 0.5) is 0 Å². The molecule has 0 radical (unpaired) electrons. The van der Waals surface area contributed by atoms with Crippen LogP contribution in [-0.2, 0) is 6.54 Å². The minimum Gasteiger partial charge on any atom is -0.507 e. The number of rotatable bonds is 5. The van der Waals surface area contributed by atoms with Crippen molar-refractivity contribution in [1.29, 1.82) is 0 Å². The topological polar surface area (TPSA) is 52.5 Å². The Morgan fingerprint density at radius 1 is 1.38 bits per heavy atom. The molecule has 0 amide bonds. The number of phenols is 1. The summed E-state index contributed by atoms with van der Waals surface area (Å²) in [6, 6.07) is 5.37. The van der Waals surface area contributed by atoms with E-state index in [1.807, 2.05) is 26.0 Å². The molecule has 3 nitrogen and oxygen atoms in total. The maximum Gasteiger partial charge on any atom is 0.129 e. The standard InChI is InChI=1S/C12H18BrNO2/c1-8(2)12(16)7-14-6-9-3-4-11(15)10(13)5-9/h3-5,8,12,14-16H,6-7H2,1-2H3. The van der Waals surface area contributed by atoms with Gasteiger partial charge in [-0.25, -0.2) is 0 Å². The molecule has 3 N–H and O–H groups in total. The maximum atomic E-state index is 9.59. The zero-order chi connectivity index (χ0) is 12.1. The van der Waals surface area contributed by atoms with E-state index in [0.717, 1.165) is 5.56 Å². The Bertz CT molecular complexity index is 342. The summed E-state index contributed by atoms with van der Waals surface area (Å²) in [4.78, 5) is 0. The molecule has 90 valence electrons. The van der Waals surface area contributed by atoms with Crippen LogP contribution in [0, 0.1) is 5.92 Å². The molecule has 1 unspecified atom stereocenters. The van der Waals surface area contributed by atoms with Crippen molar-refractivity contribution in [3.63, 3.8) is 0 Å². The second-order valence-electron chi connectivity index (χ2n) is 4.23. The van der Waals surface area contributed by atoms with Gasteiger partial charge in [0.2, 0.25) is 0 Å². The Balaban J connectivity index is 2.40. The van der Waals surface area contributed by atoms with Gasteiger partial charge in [0, 0.05) is 13.1 Å². The van der Waals surface area contributed by atoms with Crippen LogP contribution in [0.25, 0.3) is 0 Å². The number of hydrogen-bond donors (Lipinski definition) is 3. The summed E-state index contributed by atoms with van der Waals surface area (Å²) in [5, 5.41) is 22.1. The molecule has 0 heterocycles. The lowest BCUT2D eigenvalue weighted by molar-refractivity contribution is 0.123. The van der Waals surface area contributed by atoms with Crippen LogP contribution in [-0.4, -0.2) is 22.9 Å². The predicted molar refractivity (Wildman–Crippen MR) is 68.4 cm³/mol. The van der Waals surface area contributed by atoms with Crippen molar-refractivity contribution in [3.05, 3.63) is 28.2 Å². The second kappa shape index (κ2) is 6.23. The molecule has 0 spiro atoms. The Labute approximate surface area is 105 Å². The van der Waals surface area contributed by atoms with E-state index in [1.54, 1.807) is 6.07 Å². The van der Waals surface area contributed by atoms with Gasteiger partial charge in [-0.1, -0.05) is 19.9 Å². The van der Waals surface area contributed by atoms with Crippen LogP contribution in [0.5, 0.6) is 5.75 Å². The first-order valence-electron chi connectivity index (χ1n) is 5.37. The normalized spacial score (nSPS) is 13.1. The molecule has 0 bridgehead atoms. The van der Waals surface area contributed by atoms with Crippen LogP contribution in [0.15, 0.2) is 22.7 Å². The second-order valence-corrected chi connectivity index (χ2v) is 5.08. The van der Waals surface area contributed by atoms with Gasteiger partial charge in [-0.2, -0.15) is 0 Å². The number of phenolic OH excluding ortho intramolecular Hbond substituents is 1. The quantitative estimate of drug-likeness (QED) is 0.779. The highest BCUT2D eigenvalue weighted by Gasteiger charge is 2.08. The minimum atomic E-state index is -0.319. The van der Waals surface area contributed by atoms with Crippen LogP contribution < -0.4 is 5.32 Å². The molecule has 0 saturated heterocycles. The fourth-order valence-electron chi connectivity index (χ4n) is 1.26. The van der Waals surface area contributed by atoms with Crippen LogP contribution in [0.3, 0.4) is 0 Å². The number of nitrogens with one attached hydrogen (secondary N) is 1. The molecule has 0 aromatic heterocycles. The fraction of sp³-hybridized carbons (Fsp3) is 0.500. The molecular formula is C12H18BrNO2. The Morgan fingerprint density at radius 3 is 2.62 bits per heavy atom. The third kappa shape index (κ3) is 4.12. The van der Waals surface area contributed by atoms with E-state index in [-0.39, 0.29) is 17.8 Å². The minimum absolute atomic E-state index is 0.242. The third-order valence-electron chi connectivity index (χ3n) is 2.46. The van der Waals surface area contributed by atoms with Gasteiger partial charge in [0.15, 0.2) is 0 Å². The first-order chi connectivity index (χ1) is 7.50.